The molecule has 1 unspecified atom stereocenters. The van der Waals surface area contributed by atoms with Gasteiger partial charge in [0.2, 0.25) is 0 Å². The number of benzene rings is 2. The van der Waals surface area contributed by atoms with Crippen molar-refractivity contribution in [3.05, 3.63) is 84.3 Å². The molecule has 1 N–H and O–H groups in total. The lowest BCUT2D eigenvalue weighted by molar-refractivity contribution is -0.137. The van der Waals surface area contributed by atoms with Gasteiger partial charge < -0.3 is 9.67 Å². The molecule has 4 nitrogen and oxygen atoms in total. The van der Waals surface area contributed by atoms with Crippen molar-refractivity contribution >= 4 is 51.1 Å². The number of aryl methyl sites for hydroxylation is 1. The molecule has 35 heavy (non-hydrogen) atoms. The molecule has 0 fully saturated rings. The molecule has 2 aromatic heterocycles. The fourth-order valence-electron chi connectivity index (χ4n) is 4.69. The Morgan fingerprint density at radius 2 is 2.09 bits per heavy atom. The summed E-state index contributed by atoms with van der Waals surface area (Å²) in [4.78, 5) is 17.1. The van der Waals surface area contributed by atoms with Crippen LogP contribution in [0.1, 0.15) is 31.4 Å². The van der Waals surface area contributed by atoms with Gasteiger partial charge in [0.05, 0.1) is 17.5 Å². The number of halogens is 2. The van der Waals surface area contributed by atoms with Gasteiger partial charge in [-0.1, -0.05) is 48.2 Å². The zero-order valence-electron chi connectivity index (χ0n) is 19.4. The zero-order valence-corrected chi connectivity index (χ0v) is 21.0. The highest BCUT2D eigenvalue weighted by atomic mass is 35.5. The van der Waals surface area contributed by atoms with Crippen LogP contribution in [-0.2, 0) is 11.3 Å². The van der Waals surface area contributed by atoms with E-state index in [9.17, 15) is 14.3 Å². The van der Waals surface area contributed by atoms with Crippen LogP contribution in [0.5, 0.6) is 0 Å². The Morgan fingerprint density at radius 3 is 2.80 bits per heavy atom. The van der Waals surface area contributed by atoms with E-state index >= 15 is 0 Å². The number of rotatable bonds is 6. The van der Waals surface area contributed by atoms with Gasteiger partial charge in [0.25, 0.3) is 0 Å². The standard InChI is InChI=1S/C25H21FN2O2S.C3H5Cl/c1-2-11-31-25-22-19(18-7-3-5-15-6-4-9-27-23(15)18)13-17(26)14-20(22)28-10-8-16(24(25)28)12-21(29)30;1-2-3-4/h2-7,9,11,13-14,16H,8,10,12H2,1H3,(H,29,30);2H,1,3H2/b11-2+;. The van der Waals surface area contributed by atoms with Crippen molar-refractivity contribution in [3.8, 4) is 11.1 Å². The van der Waals surface area contributed by atoms with Crippen LogP contribution in [0.25, 0.3) is 32.9 Å². The minimum absolute atomic E-state index is 0.0767. The number of pyridine rings is 1. The Hall–Kier alpha value is -3.09. The minimum atomic E-state index is -0.810. The molecule has 0 saturated heterocycles. The number of para-hydroxylation sites is 1. The highest BCUT2D eigenvalue weighted by molar-refractivity contribution is 8.02. The summed E-state index contributed by atoms with van der Waals surface area (Å²) in [5, 5.41) is 13.4. The molecule has 0 aliphatic carbocycles. The second-order valence-corrected chi connectivity index (χ2v) is 9.43. The normalized spacial score (nSPS) is 14.8. The van der Waals surface area contributed by atoms with Crippen molar-refractivity contribution in [3.63, 3.8) is 0 Å². The van der Waals surface area contributed by atoms with Crippen LogP contribution in [0.2, 0.25) is 0 Å². The van der Waals surface area contributed by atoms with E-state index in [1.54, 1.807) is 36.2 Å². The second-order valence-electron chi connectivity index (χ2n) is 8.21. The number of carboxylic acids is 1. The van der Waals surface area contributed by atoms with Crippen LogP contribution < -0.4 is 0 Å². The van der Waals surface area contributed by atoms with Crippen LogP contribution in [0, 0.1) is 5.82 Å². The number of aromatic nitrogens is 2. The maximum atomic E-state index is 14.9. The van der Waals surface area contributed by atoms with Crippen LogP contribution >= 0.6 is 23.4 Å². The molecule has 0 spiro atoms. The van der Waals surface area contributed by atoms with Gasteiger partial charge in [-0.25, -0.2) is 4.39 Å². The maximum Gasteiger partial charge on any atom is 0.304 e. The molecule has 0 bridgehead atoms. The number of carbonyl (C=O) groups is 1. The van der Waals surface area contributed by atoms with E-state index in [4.69, 9.17) is 11.6 Å². The number of alkyl halides is 1. The van der Waals surface area contributed by atoms with Crippen LogP contribution in [0.4, 0.5) is 4.39 Å². The first-order valence-corrected chi connectivity index (χ1v) is 12.8. The molecule has 0 radical (unpaired) electrons. The predicted octanol–water partition coefficient (Wildman–Crippen LogP) is 7.99. The van der Waals surface area contributed by atoms with Crippen LogP contribution in [0.15, 0.2) is 77.7 Å². The largest absolute Gasteiger partial charge is 0.481 e. The third-order valence-electron chi connectivity index (χ3n) is 5.99. The summed E-state index contributed by atoms with van der Waals surface area (Å²) >= 11 is 6.64. The number of nitrogens with zero attached hydrogens (tertiary/aromatic N) is 2. The Bertz CT molecular complexity index is 1420. The number of thioether (sulfide) groups is 1. The van der Waals surface area contributed by atoms with Crippen molar-refractivity contribution in [1.29, 1.82) is 0 Å². The van der Waals surface area contributed by atoms with Crippen molar-refractivity contribution in [2.45, 2.75) is 37.1 Å². The molecule has 3 heterocycles. The first-order chi connectivity index (χ1) is 17.0. The monoisotopic (exact) mass is 508 g/mol. The quantitative estimate of drug-likeness (QED) is 0.163. The average molecular weight is 509 g/mol. The third-order valence-corrected chi connectivity index (χ3v) is 7.26. The number of hydrogen-bond donors (Lipinski definition) is 1. The molecule has 5 rings (SSSR count). The van der Waals surface area contributed by atoms with Gasteiger partial charge in [0.15, 0.2) is 0 Å². The summed E-state index contributed by atoms with van der Waals surface area (Å²) in [7, 11) is 0. The molecule has 0 amide bonds. The molecule has 1 atom stereocenters. The summed E-state index contributed by atoms with van der Waals surface area (Å²) in [6, 6.07) is 13.0. The van der Waals surface area contributed by atoms with E-state index in [1.807, 2.05) is 48.7 Å². The van der Waals surface area contributed by atoms with Crippen LogP contribution in [-0.4, -0.2) is 26.5 Å². The summed E-state index contributed by atoms with van der Waals surface area (Å²) in [6.07, 6.45) is 6.18. The molecular weight excluding hydrogens is 483 g/mol. The summed E-state index contributed by atoms with van der Waals surface area (Å²) in [5.41, 5.74) is 4.32. The number of hydrogen-bond acceptors (Lipinski definition) is 3. The van der Waals surface area contributed by atoms with Gasteiger partial charge in [0, 0.05) is 51.5 Å². The molecule has 2 aromatic carbocycles. The fourth-order valence-corrected chi connectivity index (χ4v) is 5.69. The highest BCUT2D eigenvalue weighted by Gasteiger charge is 2.32. The van der Waals surface area contributed by atoms with E-state index < -0.39 is 5.97 Å². The SMILES string of the molecule is C/C=C/Sc1c2n(c3cc(F)cc(-c4cccc5cccnc45)c13)CCC2CC(=O)O.C=CCCl. The van der Waals surface area contributed by atoms with E-state index in [1.165, 1.54) is 0 Å². The second kappa shape index (κ2) is 11.1. The lowest BCUT2D eigenvalue weighted by Gasteiger charge is -2.12. The molecule has 7 heteroatoms. The van der Waals surface area contributed by atoms with Gasteiger partial charge >= 0.3 is 5.97 Å². The Kier molecular flexibility index (Phi) is 7.93. The number of fused-ring (bicyclic) bond motifs is 4. The lowest BCUT2D eigenvalue weighted by Crippen LogP contribution is -2.04. The summed E-state index contributed by atoms with van der Waals surface area (Å²) in [6.45, 7) is 5.99. The highest BCUT2D eigenvalue weighted by Crippen LogP contribution is 2.48. The average Bonchev–Trinajstić information content (AvgIpc) is 3.40. The first-order valence-electron chi connectivity index (χ1n) is 11.4. The van der Waals surface area contributed by atoms with Crippen molar-refractivity contribution in [2.75, 3.05) is 5.88 Å². The smallest absolute Gasteiger partial charge is 0.304 e. The topological polar surface area (TPSA) is 55.1 Å². The van der Waals surface area contributed by atoms with E-state index in [-0.39, 0.29) is 18.2 Å². The summed E-state index contributed by atoms with van der Waals surface area (Å²) in [5.74, 6) is -0.644. The molecular formula is C28H26ClFN2O2S. The van der Waals surface area contributed by atoms with Gasteiger partial charge in [-0.3, -0.25) is 9.78 Å². The van der Waals surface area contributed by atoms with Gasteiger partial charge in [-0.05, 0) is 42.5 Å². The lowest BCUT2D eigenvalue weighted by atomic mass is 9.96. The van der Waals surface area contributed by atoms with E-state index in [0.717, 1.165) is 49.9 Å². The molecule has 180 valence electrons. The third kappa shape index (κ3) is 5.00. The van der Waals surface area contributed by atoms with Gasteiger partial charge in [-0.2, -0.15) is 0 Å². The molecule has 4 aromatic rings. The Morgan fingerprint density at radius 1 is 1.31 bits per heavy atom. The Labute approximate surface area is 213 Å². The molecule has 1 aliphatic heterocycles. The maximum absolute atomic E-state index is 14.9. The minimum Gasteiger partial charge on any atom is -0.481 e. The number of allylic oxidation sites excluding steroid dienone is 2. The van der Waals surface area contributed by atoms with Gasteiger partial charge in [0.1, 0.15) is 5.82 Å². The van der Waals surface area contributed by atoms with Crippen LogP contribution in [0.3, 0.4) is 0 Å². The number of carboxylic acid groups (broad SMARTS) is 1. The molecule has 1 aliphatic rings. The van der Waals surface area contributed by atoms with Crippen molar-refractivity contribution < 1.29 is 14.3 Å². The fraction of sp³-hybridized carbons (Fsp3) is 0.214. The van der Waals surface area contributed by atoms with Gasteiger partial charge in [-0.15, -0.1) is 18.2 Å². The number of aliphatic carboxylic acids is 1. The zero-order chi connectivity index (χ0) is 24.9. The van der Waals surface area contributed by atoms with Crippen molar-refractivity contribution in [1.82, 2.24) is 9.55 Å². The molecule has 0 saturated carbocycles. The van der Waals surface area contributed by atoms with E-state index in [2.05, 4.69) is 16.1 Å². The Balaban J connectivity index is 0.000000672. The summed E-state index contributed by atoms with van der Waals surface area (Å²) < 4.78 is 17.0. The van der Waals surface area contributed by atoms with E-state index in [0.29, 0.717) is 12.4 Å². The first kappa shape index (κ1) is 25.0. The predicted molar refractivity (Wildman–Crippen MR) is 144 cm³/mol. The van der Waals surface area contributed by atoms with Crippen molar-refractivity contribution in [2.24, 2.45) is 0 Å².